The molecule has 0 fully saturated rings. The molecule has 0 saturated heterocycles. The third kappa shape index (κ3) is 20.0. The van der Waals surface area contributed by atoms with Crippen LogP contribution in [0.5, 0.6) is 0 Å². The van der Waals surface area contributed by atoms with E-state index in [1.165, 1.54) is 0 Å². The molecule has 7 nitrogen and oxygen atoms in total. The first-order chi connectivity index (χ1) is 37.5. The van der Waals surface area contributed by atoms with Crippen molar-refractivity contribution in [2.75, 3.05) is 0 Å². The van der Waals surface area contributed by atoms with E-state index in [4.69, 9.17) is 5.11 Å². The minimum atomic E-state index is -5.42. The van der Waals surface area contributed by atoms with E-state index >= 15 is 0 Å². The number of Topliss-reactive ketones (excluding diaryl/α,β-unsaturated/α-hetero) is 2. The second-order valence-corrected chi connectivity index (χ2v) is 23.7. The van der Waals surface area contributed by atoms with E-state index in [2.05, 4.69) is 0 Å². The monoisotopic (exact) mass is 1350 g/mol. The number of aliphatic hydroxyl groups excluding tert-OH is 1. The molecule has 1 radical (unpaired) electrons. The molecule has 0 aliphatic rings. The average Bonchev–Trinajstić information content (AvgIpc) is 3.03. The van der Waals surface area contributed by atoms with Gasteiger partial charge in [0.15, 0.2) is 22.7 Å². The second-order valence-electron chi connectivity index (χ2n) is 17.7. The van der Waals surface area contributed by atoms with Crippen LogP contribution >= 0.6 is 22.7 Å². The van der Waals surface area contributed by atoms with E-state index in [-0.39, 0.29) is 57.8 Å². The molecule has 0 heterocycles. The smallest absolute Gasteiger partial charge is 0.454 e. The fourth-order valence-electron chi connectivity index (χ4n) is 7.58. The van der Waals surface area contributed by atoms with Crippen LogP contribution < -0.4 is 37.1 Å². The maximum Gasteiger partial charge on any atom is 0.454 e. The minimum absolute atomic E-state index is 0. The van der Waals surface area contributed by atoms with Crippen LogP contribution in [0.25, 0.3) is 0 Å². The van der Waals surface area contributed by atoms with E-state index in [0.29, 0.717) is 0 Å². The Bertz CT molecular complexity index is 3050. The summed E-state index contributed by atoms with van der Waals surface area (Å²) in [5, 5.41) is 14.4. The van der Waals surface area contributed by atoms with Crippen LogP contribution in [0.3, 0.4) is 0 Å². The Morgan fingerprint density at radius 2 is 0.610 bits per heavy atom. The zero-order chi connectivity index (χ0) is 61.3. The van der Waals surface area contributed by atoms with Crippen LogP contribution in [0, 0.1) is 97.8 Å². The van der Waals surface area contributed by atoms with Crippen LogP contribution in [0.1, 0.15) is 45.4 Å². The molecule has 0 aromatic heterocycles. The van der Waals surface area contributed by atoms with E-state index in [9.17, 15) is 80.8 Å². The first kappa shape index (κ1) is 72.5. The van der Waals surface area contributed by atoms with Gasteiger partial charge in [-0.15, -0.1) is 0 Å². The summed E-state index contributed by atoms with van der Waals surface area (Å²) in [4.78, 5) is 29.6. The Labute approximate surface area is 508 Å². The van der Waals surface area contributed by atoms with Crippen LogP contribution in [-0.2, 0) is 28.1 Å². The number of hydrogen-bond donors (Lipinski definition) is 1. The second kappa shape index (κ2) is 31.3. The van der Waals surface area contributed by atoms with Gasteiger partial charge in [-0.05, 0) is 93.5 Å². The molecule has 1 N–H and O–H groups in total. The van der Waals surface area contributed by atoms with Gasteiger partial charge in [-0.25, -0.2) is 0 Å². The van der Waals surface area contributed by atoms with Gasteiger partial charge >= 0.3 is 24.7 Å². The summed E-state index contributed by atoms with van der Waals surface area (Å²) in [6.07, 6.45) is -24.7. The fraction of sp³-hybridized carbons (Fsp3) is 0.203. The molecule has 0 unspecified atom stereocenters. The molecule has 0 atom stereocenters. The number of hydrogen-bond acceptors (Lipinski definition) is 7. The molecule has 0 aliphatic carbocycles. The first-order valence-electron chi connectivity index (χ1n) is 23.8. The molecule has 0 spiro atoms. The number of alkyl halides is 12. The Balaban J connectivity index is 0.000000365. The molecule has 7 rings (SSSR count). The van der Waals surface area contributed by atoms with Crippen molar-refractivity contribution >= 4 is 77.2 Å². The van der Waals surface area contributed by atoms with Gasteiger partial charge < -0.3 is 14.2 Å². The molecule has 0 amide bonds. The van der Waals surface area contributed by atoms with Gasteiger partial charge in [0.1, 0.15) is 0 Å². The molecule has 0 saturated carbocycles. The van der Waals surface area contributed by atoms with Gasteiger partial charge in [-0.3, -0.25) is 18.9 Å². The minimum Gasteiger partial charge on any atom is -0.504 e. The third-order valence-electron chi connectivity index (χ3n) is 11.7. The number of carbonyl (C=O) groups excluding carboxylic acids is 3. The Hall–Kier alpha value is -5.61. The van der Waals surface area contributed by atoms with Crippen LogP contribution in [0.2, 0.25) is 0 Å². The summed E-state index contributed by atoms with van der Waals surface area (Å²) in [5.74, 6) is -10.7. The van der Waals surface area contributed by atoms with Crippen molar-refractivity contribution in [3.8, 4) is 0 Å². The average molecular weight is 1350 g/mol. The molecule has 7 aromatic rings. The number of carbonyl (C=O) groups is 3. The fourth-order valence-corrected chi connectivity index (χ4v) is 14.7. The summed E-state index contributed by atoms with van der Waals surface area (Å²) < 4.78 is 175. The largest absolute Gasteiger partial charge is 0.504 e. The third-order valence-corrected chi connectivity index (χ3v) is 19.5. The molecule has 23 heteroatoms. The van der Waals surface area contributed by atoms with Crippen molar-refractivity contribution in [2.45, 2.75) is 79.6 Å². The predicted octanol–water partition coefficient (Wildman–Crippen LogP) is 14.2. The van der Waals surface area contributed by atoms with E-state index < -0.39 is 74.6 Å². The van der Waals surface area contributed by atoms with Crippen molar-refractivity contribution < 1.29 is 135 Å². The number of halogens is 12. The van der Waals surface area contributed by atoms with Gasteiger partial charge in [-0.1, -0.05) is 164 Å². The Kier molecular flexibility index (Phi) is 27.7. The van der Waals surface area contributed by atoms with Crippen LogP contribution in [0.4, 0.5) is 52.7 Å². The van der Waals surface area contributed by atoms with Crippen molar-refractivity contribution in [1.29, 1.82) is 0 Å². The normalized spacial score (nSPS) is 11.8. The quantitative estimate of drug-likeness (QED) is 0.0476. The zero-order valence-electron chi connectivity index (χ0n) is 44.6. The van der Waals surface area contributed by atoms with Gasteiger partial charge in [-0.2, -0.15) is 52.7 Å². The molecule has 0 aliphatic heterocycles. The number of aliphatic hydroxyl groups is 1. The van der Waals surface area contributed by atoms with Crippen molar-refractivity contribution in [3.05, 3.63) is 221 Å². The topological polar surface area (TPSA) is 123 Å². The summed E-state index contributed by atoms with van der Waals surface area (Å²) >= 11 is 0. The standard InChI is InChI=1S/2C21H21OP.C7H7OP.2C5H2F6O2.Eu/c2*1-16-10-4-7-13-19(16)23(22,20-14-8-5-11-17(20)2)21-15-9-6-12-18(21)3;1-6-4-2-3-5-7(6)9-8;2*6-4(7,8)2(12)1-3(13)5(9,10)11;/h2*4-15H,1-3H3;2-5H,1H3;1H2;1,12H;. The number of rotatable bonds is 10. The number of benzene rings is 7. The number of aryl methyl sites for hydroxylation is 7. The SMILES string of the molecule is Cc1ccccc1P(=O)(c1ccccc1C)c1ccccc1C.Cc1ccccc1P(=O)(c1ccccc1C)c1ccccc1C.Cc1ccccc1P=O.O=C(C=C(O)C(F)(F)F)C(F)(F)F.O=C(CC(=O)C(F)(F)F)C(F)(F)F.[Eu]. The summed E-state index contributed by atoms with van der Waals surface area (Å²) in [6.45, 7) is 14.2. The Morgan fingerprint density at radius 3 is 0.780 bits per heavy atom. The van der Waals surface area contributed by atoms with Crippen molar-refractivity contribution in [1.82, 2.24) is 0 Å². The molecule has 82 heavy (non-hydrogen) atoms. The van der Waals surface area contributed by atoms with Gasteiger partial charge in [0.05, 0.1) is 6.42 Å². The predicted molar refractivity (Wildman–Crippen MR) is 293 cm³/mol. The molecule has 7 aromatic carbocycles. The summed E-state index contributed by atoms with van der Waals surface area (Å²) in [6, 6.07) is 55.8. The van der Waals surface area contributed by atoms with Crippen LogP contribution in [-0.4, -0.2) is 47.2 Å². The first-order valence-corrected chi connectivity index (χ1v) is 28.0. The molecule has 437 valence electrons. The zero-order valence-corrected chi connectivity index (χ0v) is 49.7. The Morgan fingerprint density at radius 1 is 0.390 bits per heavy atom. The van der Waals surface area contributed by atoms with E-state index in [1.807, 2.05) is 218 Å². The van der Waals surface area contributed by atoms with Gasteiger partial charge in [0.25, 0.3) is 5.78 Å². The number of ketones is 3. The van der Waals surface area contributed by atoms with E-state index in [0.717, 1.165) is 76.1 Å². The van der Waals surface area contributed by atoms with Crippen molar-refractivity contribution in [3.63, 3.8) is 0 Å². The summed E-state index contributed by atoms with van der Waals surface area (Å²) in [5.41, 5.74) is 7.51. The maximum atomic E-state index is 14.5. The van der Waals surface area contributed by atoms with Crippen molar-refractivity contribution in [2.24, 2.45) is 0 Å². The molecular formula is C59H53EuF12O7P3. The van der Waals surface area contributed by atoms with E-state index in [1.54, 1.807) is 0 Å². The maximum absolute atomic E-state index is 14.5. The van der Waals surface area contributed by atoms with Gasteiger partial charge in [0, 0.05) is 92.6 Å². The van der Waals surface area contributed by atoms with Gasteiger partial charge in [0.2, 0.25) is 17.3 Å². The molecular weight excluding hydrogens is 1290 g/mol. The number of allylic oxidation sites excluding steroid dienone is 2. The summed E-state index contributed by atoms with van der Waals surface area (Å²) in [7, 11) is -5.67. The van der Waals surface area contributed by atoms with Crippen LogP contribution in [0.15, 0.2) is 182 Å². The molecule has 0 bridgehead atoms.